The first-order chi connectivity index (χ1) is 6.80. The molecule has 1 aromatic rings. The molecule has 84 valence electrons. The molecule has 0 aliphatic carbocycles. The van der Waals surface area contributed by atoms with Crippen molar-refractivity contribution in [2.75, 3.05) is 0 Å². The van der Waals surface area contributed by atoms with Crippen molar-refractivity contribution >= 4 is 5.82 Å². The van der Waals surface area contributed by atoms with Crippen LogP contribution in [0.15, 0.2) is 12.5 Å². The summed E-state index contributed by atoms with van der Waals surface area (Å²) in [5, 5.41) is 18.8. The van der Waals surface area contributed by atoms with E-state index in [0.717, 1.165) is 17.1 Å². The van der Waals surface area contributed by atoms with Gasteiger partial charge in [-0.2, -0.15) is 13.2 Å². The van der Waals surface area contributed by atoms with Crippen LogP contribution in [0.3, 0.4) is 0 Å². The van der Waals surface area contributed by atoms with Gasteiger partial charge in [0.2, 0.25) is 6.33 Å². The fraction of sp³-hybridized carbons (Fsp3) is 0.500. The lowest BCUT2D eigenvalue weighted by atomic mass is 10.3. The Morgan fingerprint density at radius 3 is 2.67 bits per heavy atom. The Bertz CT molecular complexity index is 362. The Labute approximate surface area is 81.1 Å². The second-order valence-corrected chi connectivity index (χ2v) is 2.74. The lowest BCUT2D eigenvalue weighted by molar-refractivity contribution is -0.389. The number of hydrogen-bond acceptors (Lipinski definition) is 4. The molecule has 0 aliphatic heterocycles. The lowest BCUT2D eigenvalue weighted by Crippen LogP contribution is -2.32. The molecule has 1 heterocycles. The third kappa shape index (κ3) is 2.91. The smallest absolute Gasteiger partial charge is 0.382 e. The van der Waals surface area contributed by atoms with Crippen LogP contribution in [0.4, 0.5) is 19.0 Å². The van der Waals surface area contributed by atoms with Gasteiger partial charge in [0, 0.05) is 0 Å². The van der Waals surface area contributed by atoms with Crippen LogP contribution < -0.4 is 0 Å². The van der Waals surface area contributed by atoms with E-state index in [1.807, 2.05) is 0 Å². The van der Waals surface area contributed by atoms with Crippen molar-refractivity contribution in [3.05, 3.63) is 22.6 Å². The van der Waals surface area contributed by atoms with E-state index in [-0.39, 0.29) is 0 Å². The fourth-order valence-corrected chi connectivity index (χ4v) is 0.846. The van der Waals surface area contributed by atoms with E-state index in [1.54, 1.807) is 0 Å². The van der Waals surface area contributed by atoms with Gasteiger partial charge in [-0.25, -0.2) is 0 Å². The highest BCUT2D eigenvalue weighted by Crippen LogP contribution is 2.21. The van der Waals surface area contributed by atoms with Gasteiger partial charge in [0.1, 0.15) is 6.20 Å². The molecule has 0 aromatic carbocycles. The molecule has 1 atom stereocenters. The maximum Gasteiger partial charge on any atom is 0.416 e. The van der Waals surface area contributed by atoms with E-state index >= 15 is 0 Å². The van der Waals surface area contributed by atoms with Crippen LogP contribution in [0.2, 0.25) is 0 Å². The summed E-state index contributed by atoms with van der Waals surface area (Å²) in [6.45, 7) is -0.815. The van der Waals surface area contributed by atoms with Crippen molar-refractivity contribution in [1.82, 2.24) is 9.55 Å². The number of aromatic nitrogens is 2. The van der Waals surface area contributed by atoms with Gasteiger partial charge in [0.15, 0.2) is 6.10 Å². The number of alkyl halides is 3. The predicted octanol–water partition coefficient (Wildman–Crippen LogP) is 0.714. The average molecular weight is 225 g/mol. The van der Waals surface area contributed by atoms with E-state index in [1.165, 1.54) is 0 Å². The van der Waals surface area contributed by atoms with Gasteiger partial charge >= 0.3 is 12.0 Å². The average Bonchev–Trinajstić information content (AvgIpc) is 2.50. The van der Waals surface area contributed by atoms with Crippen molar-refractivity contribution in [1.29, 1.82) is 0 Å². The van der Waals surface area contributed by atoms with Crippen molar-refractivity contribution in [2.45, 2.75) is 18.8 Å². The van der Waals surface area contributed by atoms with Crippen molar-refractivity contribution in [2.24, 2.45) is 0 Å². The Kier molecular flexibility index (Phi) is 2.93. The number of aliphatic hydroxyl groups excluding tert-OH is 1. The minimum atomic E-state index is -4.75. The largest absolute Gasteiger partial charge is 0.416 e. The minimum Gasteiger partial charge on any atom is -0.382 e. The number of imidazole rings is 1. The molecule has 0 saturated carbocycles. The van der Waals surface area contributed by atoms with Crippen molar-refractivity contribution < 1.29 is 23.2 Å². The number of nitrogens with zero attached hydrogens (tertiary/aromatic N) is 3. The van der Waals surface area contributed by atoms with Crippen LogP contribution in [0.5, 0.6) is 0 Å². The molecule has 0 aliphatic rings. The summed E-state index contributed by atoms with van der Waals surface area (Å²) in [7, 11) is 0. The van der Waals surface area contributed by atoms with Gasteiger partial charge < -0.3 is 19.8 Å². The van der Waals surface area contributed by atoms with Crippen molar-refractivity contribution in [3.63, 3.8) is 0 Å². The van der Waals surface area contributed by atoms with Gasteiger partial charge in [-0.15, -0.1) is 0 Å². The molecular formula is C6H6F3N3O3. The molecule has 0 bridgehead atoms. The first-order valence-electron chi connectivity index (χ1n) is 3.71. The number of nitro groups is 1. The third-order valence-electron chi connectivity index (χ3n) is 1.57. The Balaban J connectivity index is 2.69. The zero-order valence-electron chi connectivity index (χ0n) is 7.18. The molecule has 0 radical (unpaired) electrons. The molecule has 6 nitrogen and oxygen atoms in total. The number of hydrogen-bond donors (Lipinski definition) is 1. The summed E-state index contributed by atoms with van der Waals surface area (Å²) in [4.78, 5) is 12.5. The molecule has 1 unspecified atom stereocenters. The Hall–Kier alpha value is -1.64. The second-order valence-electron chi connectivity index (χ2n) is 2.74. The Morgan fingerprint density at radius 1 is 1.67 bits per heavy atom. The van der Waals surface area contributed by atoms with Crippen LogP contribution in [-0.4, -0.2) is 31.9 Å². The molecule has 1 N–H and O–H groups in total. The molecular weight excluding hydrogens is 219 g/mol. The summed E-state index contributed by atoms with van der Waals surface area (Å²) in [6, 6.07) is 0. The molecule has 1 aromatic heterocycles. The summed E-state index contributed by atoms with van der Waals surface area (Å²) < 4.78 is 36.4. The summed E-state index contributed by atoms with van der Waals surface area (Å²) in [5.41, 5.74) is 0. The van der Waals surface area contributed by atoms with E-state index in [4.69, 9.17) is 5.11 Å². The zero-order valence-corrected chi connectivity index (χ0v) is 7.18. The van der Waals surface area contributed by atoms with Gasteiger partial charge in [-0.3, -0.25) is 0 Å². The van der Waals surface area contributed by atoms with E-state index < -0.39 is 29.6 Å². The molecule has 1 rings (SSSR count). The number of aliphatic hydroxyl groups is 1. The van der Waals surface area contributed by atoms with E-state index in [2.05, 4.69) is 4.98 Å². The maximum atomic E-state index is 11.9. The van der Waals surface area contributed by atoms with E-state index in [0.29, 0.717) is 0 Å². The molecule has 0 amide bonds. The van der Waals surface area contributed by atoms with Crippen LogP contribution in [0.25, 0.3) is 0 Å². The zero-order chi connectivity index (χ0) is 11.6. The van der Waals surface area contributed by atoms with Gasteiger partial charge in [0.25, 0.3) is 0 Å². The highest BCUT2D eigenvalue weighted by Gasteiger charge is 2.38. The standard InChI is InChI=1S/C6H6F3N3O3/c7-6(8,9)4(13)1-11-2-5(10-3-11)12(14)15/h2-4,13H,1H2. The molecule has 0 spiro atoms. The maximum absolute atomic E-state index is 11.9. The van der Waals surface area contributed by atoms with Gasteiger partial charge in [-0.05, 0) is 9.91 Å². The molecule has 9 heteroatoms. The van der Waals surface area contributed by atoms with Crippen LogP contribution in [0, 0.1) is 10.1 Å². The first kappa shape index (κ1) is 11.4. The highest BCUT2D eigenvalue weighted by atomic mass is 19.4. The van der Waals surface area contributed by atoms with Crippen LogP contribution in [0.1, 0.15) is 0 Å². The second kappa shape index (κ2) is 3.85. The Morgan fingerprint density at radius 2 is 2.27 bits per heavy atom. The number of rotatable bonds is 3. The predicted molar refractivity (Wildman–Crippen MR) is 40.9 cm³/mol. The highest BCUT2D eigenvalue weighted by molar-refractivity contribution is 5.12. The number of halogens is 3. The third-order valence-corrected chi connectivity index (χ3v) is 1.57. The fourth-order valence-electron chi connectivity index (χ4n) is 0.846. The summed E-state index contributed by atoms with van der Waals surface area (Å²) >= 11 is 0. The lowest BCUT2D eigenvalue weighted by Gasteiger charge is -2.13. The minimum absolute atomic E-state index is 0.565. The first-order valence-corrected chi connectivity index (χ1v) is 3.71. The van der Waals surface area contributed by atoms with Crippen molar-refractivity contribution in [3.8, 4) is 0 Å². The summed E-state index contributed by atoms with van der Waals surface area (Å²) in [6.07, 6.45) is -5.65. The topological polar surface area (TPSA) is 81.2 Å². The normalized spacial score (nSPS) is 13.9. The van der Waals surface area contributed by atoms with Crippen LogP contribution in [-0.2, 0) is 6.54 Å². The van der Waals surface area contributed by atoms with Gasteiger partial charge in [0.05, 0.1) is 6.54 Å². The quantitative estimate of drug-likeness (QED) is 0.606. The summed E-state index contributed by atoms with van der Waals surface area (Å²) in [5.74, 6) is -0.565. The monoisotopic (exact) mass is 225 g/mol. The van der Waals surface area contributed by atoms with Gasteiger partial charge in [-0.1, -0.05) is 0 Å². The molecule has 15 heavy (non-hydrogen) atoms. The molecule has 0 fully saturated rings. The van der Waals surface area contributed by atoms with E-state index in [9.17, 15) is 23.3 Å². The molecule has 0 saturated heterocycles. The van der Waals surface area contributed by atoms with Crippen LogP contribution >= 0.6 is 0 Å². The SMILES string of the molecule is O=[N+]([O-])c1cn(CC(O)C(F)(F)F)cn1.